The predicted octanol–water partition coefficient (Wildman–Crippen LogP) is 5.21. The largest absolute Gasteiger partial charge is 0.493 e. The number of carbonyl (C=O) groups is 1. The Morgan fingerprint density at radius 1 is 1.10 bits per heavy atom. The Morgan fingerprint density at radius 3 is 2.77 bits per heavy atom. The van der Waals surface area contributed by atoms with Crippen molar-refractivity contribution < 1.29 is 14.3 Å². The number of benzene rings is 2. The van der Waals surface area contributed by atoms with Gasteiger partial charge in [0.25, 0.3) is 0 Å². The van der Waals surface area contributed by atoms with Gasteiger partial charge in [0, 0.05) is 28.1 Å². The highest BCUT2D eigenvalue weighted by molar-refractivity contribution is 7.22. The maximum absolute atomic E-state index is 12.7. The van der Waals surface area contributed by atoms with Gasteiger partial charge < -0.3 is 14.8 Å². The van der Waals surface area contributed by atoms with Crippen molar-refractivity contribution in [3.8, 4) is 16.2 Å². The van der Waals surface area contributed by atoms with Crippen LogP contribution in [0.5, 0.6) is 5.75 Å². The van der Waals surface area contributed by atoms with Crippen LogP contribution in [0.25, 0.3) is 20.5 Å². The van der Waals surface area contributed by atoms with E-state index in [0.717, 1.165) is 55.8 Å². The maximum Gasteiger partial charge on any atom is 0.407 e. The van der Waals surface area contributed by atoms with Crippen molar-refractivity contribution in [1.82, 2.24) is 10.2 Å². The molecule has 2 atom stereocenters. The number of thiophene rings is 1. The standard InChI is InChI=1S/C25H26N2O3S/c28-25(30-22-15-27-10-7-16(22)8-11-27)26-20-9-12-29-21-13-18(5-6-19(20)21)24-14-17-3-1-2-4-23(17)31-24/h1-6,13-14,16,20,22H,7-12,15H2,(H,26,28)/t20?,22-/m1/s1. The van der Waals surface area contributed by atoms with E-state index >= 15 is 0 Å². The Balaban J connectivity index is 1.18. The number of alkyl carbamates (subject to hydrolysis) is 1. The van der Waals surface area contributed by atoms with Gasteiger partial charge in [0.15, 0.2) is 0 Å². The van der Waals surface area contributed by atoms with Crippen molar-refractivity contribution in [2.75, 3.05) is 26.2 Å². The summed E-state index contributed by atoms with van der Waals surface area (Å²) in [6, 6.07) is 16.9. The number of fused-ring (bicyclic) bond motifs is 5. The highest BCUT2D eigenvalue weighted by Gasteiger charge is 2.37. The number of piperidine rings is 3. The number of nitrogens with zero attached hydrogens (tertiary/aromatic N) is 1. The Kier molecular flexibility index (Phi) is 4.84. The lowest BCUT2D eigenvalue weighted by atomic mass is 9.86. The number of nitrogens with one attached hydrogen (secondary N) is 1. The van der Waals surface area contributed by atoms with E-state index in [9.17, 15) is 4.79 Å². The van der Waals surface area contributed by atoms with Crippen LogP contribution in [0.15, 0.2) is 48.5 Å². The molecule has 0 aliphatic carbocycles. The third-order valence-electron chi connectivity index (χ3n) is 6.91. The minimum Gasteiger partial charge on any atom is -0.493 e. The van der Waals surface area contributed by atoms with Crippen LogP contribution in [0, 0.1) is 5.92 Å². The number of rotatable bonds is 3. The summed E-state index contributed by atoms with van der Waals surface area (Å²) < 4.78 is 13.1. The molecule has 1 amide bonds. The van der Waals surface area contributed by atoms with Crippen molar-refractivity contribution in [1.29, 1.82) is 0 Å². The molecule has 3 saturated heterocycles. The van der Waals surface area contributed by atoms with Crippen LogP contribution in [0.3, 0.4) is 0 Å². The zero-order valence-corrected chi connectivity index (χ0v) is 18.2. The third kappa shape index (κ3) is 3.68. The average Bonchev–Trinajstić information content (AvgIpc) is 3.24. The first kappa shape index (κ1) is 19.1. The molecular weight excluding hydrogens is 408 g/mol. The second kappa shape index (κ2) is 7.84. The number of hydrogen-bond donors (Lipinski definition) is 1. The van der Waals surface area contributed by atoms with Crippen molar-refractivity contribution in [2.24, 2.45) is 5.92 Å². The quantitative estimate of drug-likeness (QED) is 0.615. The van der Waals surface area contributed by atoms with Crippen LogP contribution in [0.2, 0.25) is 0 Å². The van der Waals surface area contributed by atoms with Crippen LogP contribution in [0.1, 0.15) is 30.9 Å². The lowest BCUT2D eigenvalue weighted by molar-refractivity contribution is -0.0342. The van der Waals surface area contributed by atoms with Gasteiger partial charge in [-0.1, -0.05) is 30.3 Å². The summed E-state index contributed by atoms with van der Waals surface area (Å²) in [4.78, 5) is 16.3. The molecule has 160 valence electrons. The van der Waals surface area contributed by atoms with Gasteiger partial charge in [-0.3, -0.25) is 4.90 Å². The summed E-state index contributed by atoms with van der Waals surface area (Å²) in [6.07, 6.45) is 2.75. The molecule has 4 aliphatic rings. The molecule has 5 heterocycles. The van der Waals surface area contributed by atoms with E-state index in [1.807, 2.05) is 0 Å². The summed E-state index contributed by atoms with van der Waals surface area (Å²) in [5.41, 5.74) is 2.18. The fourth-order valence-corrected chi connectivity index (χ4v) is 6.23. The Hall–Kier alpha value is -2.57. The molecule has 2 bridgehead atoms. The summed E-state index contributed by atoms with van der Waals surface area (Å²) in [6.45, 7) is 3.75. The average molecular weight is 435 g/mol. The van der Waals surface area contributed by atoms with E-state index in [-0.39, 0.29) is 18.2 Å². The summed E-state index contributed by atoms with van der Waals surface area (Å²) in [7, 11) is 0. The highest BCUT2D eigenvalue weighted by atomic mass is 32.1. The first-order valence-corrected chi connectivity index (χ1v) is 12.0. The van der Waals surface area contributed by atoms with Crippen LogP contribution >= 0.6 is 11.3 Å². The smallest absolute Gasteiger partial charge is 0.407 e. The monoisotopic (exact) mass is 434 g/mol. The first-order chi connectivity index (χ1) is 15.2. The zero-order chi connectivity index (χ0) is 20.8. The van der Waals surface area contributed by atoms with Crippen molar-refractivity contribution in [3.63, 3.8) is 0 Å². The molecule has 0 radical (unpaired) electrons. The minimum absolute atomic E-state index is 0.0251. The van der Waals surface area contributed by atoms with Gasteiger partial charge >= 0.3 is 6.09 Å². The maximum atomic E-state index is 12.7. The van der Waals surface area contributed by atoms with E-state index in [1.54, 1.807) is 11.3 Å². The molecule has 3 fully saturated rings. The molecule has 6 heteroatoms. The van der Waals surface area contributed by atoms with Crippen LogP contribution in [-0.4, -0.2) is 43.3 Å². The minimum atomic E-state index is -0.301. The number of carbonyl (C=O) groups excluding carboxylic acids is 1. The number of amides is 1. The SMILES string of the molecule is O=C(NC1CCOc2cc(-c3cc4ccccc4s3)ccc21)O[C@@H]1CN2CCC1CC2. The summed E-state index contributed by atoms with van der Waals surface area (Å²) in [5.74, 6) is 1.37. The second-order valence-corrected chi connectivity index (χ2v) is 9.90. The van der Waals surface area contributed by atoms with Crippen molar-refractivity contribution >= 4 is 27.5 Å². The molecule has 4 aliphatic heterocycles. The van der Waals surface area contributed by atoms with Gasteiger partial charge in [-0.25, -0.2) is 4.79 Å². The molecule has 31 heavy (non-hydrogen) atoms. The first-order valence-electron chi connectivity index (χ1n) is 11.2. The van der Waals surface area contributed by atoms with Crippen molar-refractivity contribution in [3.05, 3.63) is 54.1 Å². The molecule has 7 rings (SSSR count). The summed E-state index contributed by atoms with van der Waals surface area (Å²) in [5, 5.41) is 4.37. The molecular formula is C25H26N2O3S. The normalized spacial score (nSPS) is 26.8. The second-order valence-electron chi connectivity index (χ2n) is 8.82. The Bertz CT molecular complexity index is 1090. The lowest BCUT2D eigenvalue weighted by Gasteiger charge is -2.44. The molecule has 0 spiro atoms. The predicted molar refractivity (Wildman–Crippen MR) is 123 cm³/mol. The fraction of sp³-hybridized carbons (Fsp3) is 0.400. The van der Waals surface area contributed by atoms with Gasteiger partial charge in [0.2, 0.25) is 0 Å². The number of ether oxygens (including phenoxy) is 2. The molecule has 5 nitrogen and oxygen atoms in total. The fourth-order valence-electron chi connectivity index (χ4n) is 5.17. The van der Waals surface area contributed by atoms with E-state index < -0.39 is 0 Å². The zero-order valence-electron chi connectivity index (χ0n) is 17.4. The highest BCUT2D eigenvalue weighted by Crippen LogP contribution is 2.39. The third-order valence-corrected chi connectivity index (χ3v) is 8.07. The van der Waals surface area contributed by atoms with Gasteiger partial charge in [-0.15, -0.1) is 11.3 Å². The molecule has 0 saturated carbocycles. The topological polar surface area (TPSA) is 50.8 Å². The number of hydrogen-bond acceptors (Lipinski definition) is 5. The van der Waals surface area contributed by atoms with Gasteiger partial charge in [0.1, 0.15) is 11.9 Å². The van der Waals surface area contributed by atoms with Gasteiger partial charge in [-0.05, 0) is 61.0 Å². The summed E-state index contributed by atoms with van der Waals surface area (Å²) >= 11 is 1.79. The van der Waals surface area contributed by atoms with E-state index in [0.29, 0.717) is 12.5 Å². The van der Waals surface area contributed by atoms with Crippen molar-refractivity contribution in [2.45, 2.75) is 31.4 Å². The van der Waals surface area contributed by atoms with E-state index in [1.165, 1.54) is 15.0 Å². The Labute approximate surface area is 186 Å². The molecule has 2 aromatic carbocycles. The lowest BCUT2D eigenvalue weighted by Crippen LogP contribution is -2.52. The molecule has 1 unspecified atom stereocenters. The molecule has 1 aromatic heterocycles. The van der Waals surface area contributed by atoms with Crippen LogP contribution in [-0.2, 0) is 4.74 Å². The van der Waals surface area contributed by atoms with Crippen LogP contribution < -0.4 is 10.1 Å². The Morgan fingerprint density at radius 2 is 1.97 bits per heavy atom. The van der Waals surface area contributed by atoms with Gasteiger partial charge in [-0.2, -0.15) is 0 Å². The van der Waals surface area contributed by atoms with Crippen LogP contribution in [0.4, 0.5) is 4.79 Å². The van der Waals surface area contributed by atoms with E-state index in [2.05, 4.69) is 58.7 Å². The van der Waals surface area contributed by atoms with Gasteiger partial charge in [0.05, 0.1) is 12.6 Å². The molecule has 3 aromatic rings. The molecule has 1 N–H and O–H groups in total. The van der Waals surface area contributed by atoms with E-state index in [4.69, 9.17) is 9.47 Å².